The van der Waals surface area contributed by atoms with Gasteiger partial charge in [0.1, 0.15) is 16.9 Å². The highest BCUT2D eigenvalue weighted by molar-refractivity contribution is 7.99. The molecule has 0 saturated carbocycles. The minimum Gasteiger partial charge on any atom is -0.491 e. The van der Waals surface area contributed by atoms with Gasteiger partial charge in [-0.05, 0) is 42.3 Å². The van der Waals surface area contributed by atoms with E-state index in [0.717, 1.165) is 24.6 Å². The molecule has 1 unspecified atom stereocenters. The van der Waals surface area contributed by atoms with Gasteiger partial charge in [-0.2, -0.15) is 0 Å². The zero-order chi connectivity index (χ0) is 27.6. The Morgan fingerprint density at radius 3 is 2.18 bits per heavy atom. The molecular weight excluding hydrogens is 502 g/mol. The molecule has 8 heteroatoms. The van der Waals surface area contributed by atoms with E-state index in [0.29, 0.717) is 34.2 Å². The monoisotopic (exact) mass is 543 g/mol. The van der Waals surface area contributed by atoms with E-state index < -0.39 is 17.4 Å². The van der Waals surface area contributed by atoms with Crippen LogP contribution >= 0.6 is 11.8 Å². The van der Waals surface area contributed by atoms with Gasteiger partial charge in [-0.3, -0.25) is 4.79 Å². The fraction of sp³-hybridized carbons (Fsp3) is 0.500. The molecule has 1 aromatic carbocycles. The Bertz CT molecular complexity index is 1010. The lowest BCUT2D eigenvalue weighted by atomic mass is 10.1. The molecule has 208 valence electrons. The molecule has 38 heavy (non-hydrogen) atoms. The number of benzene rings is 1. The number of ether oxygens (including phenoxy) is 2. The summed E-state index contributed by atoms with van der Waals surface area (Å²) in [6, 6.07) is 10.1. The first-order valence-corrected chi connectivity index (χ1v) is 14.4. The largest absolute Gasteiger partial charge is 0.491 e. The molecule has 0 radical (unpaired) electrons. The molecule has 0 bridgehead atoms. The van der Waals surface area contributed by atoms with Crippen LogP contribution < -0.4 is 4.74 Å². The van der Waals surface area contributed by atoms with Crippen LogP contribution in [0.4, 0.5) is 0 Å². The number of hydrogen-bond donors (Lipinski definition) is 2. The molecule has 2 N–H and O–H groups in total. The van der Waals surface area contributed by atoms with E-state index in [2.05, 4.69) is 11.9 Å². The minimum absolute atomic E-state index is 0.119. The molecule has 0 amide bonds. The quantitative estimate of drug-likeness (QED) is 0.0815. The number of carboxylic acid groups (broad SMARTS) is 1. The van der Waals surface area contributed by atoms with Crippen molar-refractivity contribution in [3.8, 4) is 5.75 Å². The van der Waals surface area contributed by atoms with E-state index in [1.54, 1.807) is 42.5 Å². The summed E-state index contributed by atoms with van der Waals surface area (Å²) < 4.78 is 10.7. The SMILES string of the molecule is CCCCCCCCCCCCOc1ccc(SC(O)c2ccc(C(=O)OC)cc2)nc1C=CCC(=O)O. The molecule has 1 aromatic heterocycles. The van der Waals surface area contributed by atoms with Gasteiger partial charge in [0.25, 0.3) is 0 Å². The van der Waals surface area contributed by atoms with E-state index >= 15 is 0 Å². The van der Waals surface area contributed by atoms with Crippen LogP contribution in [0.1, 0.15) is 105 Å². The number of pyridine rings is 1. The van der Waals surface area contributed by atoms with Gasteiger partial charge in [0.2, 0.25) is 0 Å². The standard InChI is InChI=1S/C30H41NO6S/c1-3-4-5-6-7-8-9-10-11-12-22-37-26-20-21-27(31-25(26)14-13-15-28(32)33)38-30(35)24-18-16-23(17-19-24)29(34)36-2/h13-14,16-21,30,35H,3-12,15,22H2,1-2H3,(H,32,33). The molecular formula is C30H41NO6S. The molecule has 0 aliphatic carbocycles. The maximum atomic E-state index is 11.6. The molecule has 0 fully saturated rings. The van der Waals surface area contributed by atoms with E-state index in [1.807, 2.05) is 0 Å². The first-order chi connectivity index (χ1) is 18.4. The third-order valence-corrected chi connectivity index (χ3v) is 7.00. The Morgan fingerprint density at radius 1 is 0.947 bits per heavy atom. The van der Waals surface area contributed by atoms with Crippen LogP contribution in [0.5, 0.6) is 5.75 Å². The second kappa shape index (κ2) is 18.4. The Balaban J connectivity index is 1.90. The van der Waals surface area contributed by atoms with Gasteiger partial charge in [0.05, 0.1) is 30.7 Å². The number of carbonyl (C=O) groups excluding carboxylic acids is 1. The highest BCUT2D eigenvalue weighted by atomic mass is 32.2. The van der Waals surface area contributed by atoms with Crippen molar-refractivity contribution >= 4 is 29.8 Å². The van der Waals surface area contributed by atoms with E-state index in [4.69, 9.17) is 14.6 Å². The summed E-state index contributed by atoms with van der Waals surface area (Å²) in [5, 5.41) is 20.2. The average Bonchev–Trinajstić information content (AvgIpc) is 2.92. The van der Waals surface area contributed by atoms with Crippen LogP contribution in [0.3, 0.4) is 0 Å². The highest BCUT2D eigenvalue weighted by Gasteiger charge is 2.14. The number of aliphatic hydroxyl groups is 1. The van der Waals surface area contributed by atoms with E-state index in [1.165, 1.54) is 64.6 Å². The Morgan fingerprint density at radius 2 is 1.58 bits per heavy atom. The Kier molecular flexibility index (Phi) is 15.2. The zero-order valence-corrected chi connectivity index (χ0v) is 23.4. The molecule has 1 heterocycles. The molecule has 0 saturated heterocycles. The van der Waals surface area contributed by atoms with Gasteiger partial charge in [0.15, 0.2) is 0 Å². The maximum Gasteiger partial charge on any atom is 0.337 e. The third-order valence-electron chi connectivity index (χ3n) is 6.03. The maximum absolute atomic E-state index is 11.6. The molecule has 7 nitrogen and oxygen atoms in total. The smallest absolute Gasteiger partial charge is 0.337 e. The van der Waals surface area contributed by atoms with Crippen molar-refractivity contribution in [3.63, 3.8) is 0 Å². The Hall–Kier alpha value is -2.84. The lowest BCUT2D eigenvalue weighted by molar-refractivity contribution is -0.135. The number of thioether (sulfide) groups is 1. The van der Waals surface area contributed by atoms with Crippen molar-refractivity contribution in [1.82, 2.24) is 4.98 Å². The van der Waals surface area contributed by atoms with Crippen molar-refractivity contribution < 1.29 is 29.3 Å². The first-order valence-electron chi connectivity index (χ1n) is 13.5. The molecule has 1 atom stereocenters. The van der Waals surface area contributed by atoms with Crippen LogP contribution in [-0.2, 0) is 9.53 Å². The second-order valence-electron chi connectivity index (χ2n) is 9.15. The number of nitrogens with zero attached hydrogens (tertiary/aromatic N) is 1. The molecule has 2 rings (SSSR count). The number of rotatable bonds is 19. The number of carbonyl (C=O) groups is 2. The summed E-state index contributed by atoms with van der Waals surface area (Å²) in [5.41, 5.74) is 0.648. The number of esters is 1. The van der Waals surface area contributed by atoms with Crippen molar-refractivity contribution in [2.24, 2.45) is 0 Å². The van der Waals surface area contributed by atoms with Crippen LogP contribution in [0.25, 0.3) is 6.08 Å². The van der Waals surface area contributed by atoms with Gasteiger partial charge in [0, 0.05) is 0 Å². The van der Waals surface area contributed by atoms with Crippen LogP contribution in [0.15, 0.2) is 47.5 Å². The van der Waals surface area contributed by atoms with Crippen molar-refractivity contribution in [2.75, 3.05) is 13.7 Å². The summed E-state index contributed by atoms with van der Waals surface area (Å²) >= 11 is 1.15. The fourth-order valence-corrected chi connectivity index (χ4v) is 4.70. The van der Waals surface area contributed by atoms with Crippen LogP contribution in [-0.4, -0.2) is 40.9 Å². The summed E-state index contributed by atoms with van der Waals surface area (Å²) in [6.45, 7) is 2.81. The lowest BCUT2D eigenvalue weighted by Crippen LogP contribution is -2.02. The number of carboxylic acids is 1. The number of methoxy groups -OCH3 is 1. The lowest BCUT2D eigenvalue weighted by Gasteiger charge is -2.13. The summed E-state index contributed by atoms with van der Waals surface area (Å²) in [7, 11) is 1.32. The number of aliphatic hydroxyl groups excluding tert-OH is 1. The van der Waals surface area contributed by atoms with Gasteiger partial charge in [-0.1, -0.05) is 94.7 Å². The van der Waals surface area contributed by atoms with Gasteiger partial charge in [-0.25, -0.2) is 9.78 Å². The third kappa shape index (κ3) is 12.1. The highest BCUT2D eigenvalue weighted by Crippen LogP contribution is 2.34. The predicted octanol–water partition coefficient (Wildman–Crippen LogP) is 7.44. The normalized spacial score (nSPS) is 12.0. The average molecular weight is 544 g/mol. The molecule has 2 aromatic rings. The predicted molar refractivity (Wildman–Crippen MR) is 151 cm³/mol. The molecule has 0 aliphatic heterocycles. The van der Waals surface area contributed by atoms with Crippen LogP contribution in [0, 0.1) is 0 Å². The van der Waals surface area contributed by atoms with E-state index in [-0.39, 0.29) is 6.42 Å². The summed E-state index contributed by atoms with van der Waals surface area (Å²) in [4.78, 5) is 27.2. The van der Waals surface area contributed by atoms with Gasteiger partial charge in [-0.15, -0.1) is 0 Å². The van der Waals surface area contributed by atoms with Crippen molar-refractivity contribution in [1.29, 1.82) is 0 Å². The number of aromatic nitrogens is 1. The molecule has 0 spiro atoms. The number of unbranched alkanes of at least 4 members (excludes halogenated alkanes) is 9. The van der Waals surface area contributed by atoms with Gasteiger partial charge < -0.3 is 19.7 Å². The van der Waals surface area contributed by atoms with E-state index in [9.17, 15) is 14.7 Å². The summed E-state index contributed by atoms with van der Waals surface area (Å²) in [6.07, 6.45) is 15.5. The topological polar surface area (TPSA) is 106 Å². The number of hydrogen-bond acceptors (Lipinski definition) is 7. The minimum atomic E-state index is -0.926. The second-order valence-corrected chi connectivity index (χ2v) is 10.2. The van der Waals surface area contributed by atoms with Crippen molar-refractivity contribution in [3.05, 3.63) is 59.3 Å². The number of aliphatic carboxylic acids is 1. The van der Waals surface area contributed by atoms with Crippen molar-refractivity contribution in [2.45, 2.75) is 88.0 Å². The van der Waals surface area contributed by atoms with Gasteiger partial charge >= 0.3 is 11.9 Å². The zero-order valence-electron chi connectivity index (χ0n) is 22.6. The van der Waals surface area contributed by atoms with Crippen LogP contribution in [0.2, 0.25) is 0 Å². The molecule has 0 aliphatic rings. The fourth-order valence-electron chi connectivity index (χ4n) is 3.88. The Labute approximate surface area is 230 Å². The summed E-state index contributed by atoms with van der Waals surface area (Å²) in [5.74, 6) is -0.777. The first kappa shape index (κ1) is 31.4.